The molecule has 2 aromatic heterocycles. The Balaban J connectivity index is 2.63. The number of ether oxygens (including phenoxy) is 2. The number of H-pyrrole nitrogens is 1. The molecule has 0 spiro atoms. The normalized spacial score (nSPS) is 10.6. The third-order valence-corrected chi connectivity index (χ3v) is 3.01. The van der Waals surface area contributed by atoms with Crippen molar-refractivity contribution in [3.05, 3.63) is 33.6 Å². The Morgan fingerprint density at radius 3 is 2.86 bits per heavy atom. The molecular formula is C14H17N3O4. The predicted octanol–water partition coefficient (Wildman–Crippen LogP) is 0.610. The van der Waals surface area contributed by atoms with Crippen LogP contribution >= 0.6 is 0 Å². The van der Waals surface area contributed by atoms with Gasteiger partial charge < -0.3 is 20.2 Å². The average molecular weight is 291 g/mol. The van der Waals surface area contributed by atoms with Crippen molar-refractivity contribution in [2.24, 2.45) is 5.73 Å². The van der Waals surface area contributed by atoms with E-state index < -0.39 is 11.4 Å². The van der Waals surface area contributed by atoms with E-state index in [1.165, 1.54) is 13.3 Å². The van der Waals surface area contributed by atoms with E-state index in [4.69, 9.17) is 15.2 Å². The molecule has 0 radical (unpaired) electrons. The van der Waals surface area contributed by atoms with Crippen molar-refractivity contribution in [1.29, 1.82) is 0 Å². The molecule has 21 heavy (non-hydrogen) atoms. The van der Waals surface area contributed by atoms with Crippen LogP contribution in [-0.4, -0.2) is 36.2 Å². The number of nitrogens with two attached hydrogens (primary N) is 1. The summed E-state index contributed by atoms with van der Waals surface area (Å²) in [7, 11) is 1.50. The van der Waals surface area contributed by atoms with Crippen LogP contribution in [-0.2, 0) is 11.2 Å². The Morgan fingerprint density at radius 1 is 1.48 bits per heavy atom. The molecule has 0 saturated heterocycles. The summed E-state index contributed by atoms with van der Waals surface area (Å²) in [6.45, 7) is 2.29. The number of nitrogens with one attached hydrogen (secondary N) is 1. The van der Waals surface area contributed by atoms with Gasteiger partial charge in [0.1, 0.15) is 11.2 Å². The molecule has 0 saturated carbocycles. The zero-order valence-corrected chi connectivity index (χ0v) is 11.9. The molecule has 2 heterocycles. The zero-order chi connectivity index (χ0) is 15.4. The van der Waals surface area contributed by atoms with Gasteiger partial charge in [-0.2, -0.15) is 4.98 Å². The minimum Gasteiger partial charge on any atom is -0.481 e. The van der Waals surface area contributed by atoms with Gasteiger partial charge in [-0.25, -0.2) is 4.79 Å². The van der Waals surface area contributed by atoms with Gasteiger partial charge in [0.05, 0.1) is 19.1 Å². The molecule has 0 bridgehead atoms. The lowest BCUT2D eigenvalue weighted by Gasteiger charge is -2.09. The van der Waals surface area contributed by atoms with Gasteiger partial charge in [0.2, 0.25) is 11.3 Å². The molecule has 0 aliphatic carbocycles. The largest absolute Gasteiger partial charge is 0.481 e. The molecule has 7 heteroatoms. The zero-order valence-electron chi connectivity index (χ0n) is 11.9. The van der Waals surface area contributed by atoms with Crippen molar-refractivity contribution in [3.8, 4) is 5.88 Å². The Bertz CT molecular complexity index is 724. The molecule has 3 N–H and O–H groups in total. The molecule has 0 atom stereocenters. The maximum atomic E-state index is 12.4. The highest BCUT2D eigenvalue weighted by Crippen LogP contribution is 2.19. The second kappa shape index (κ2) is 6.36. The Hall–Kier alpha value is -2.41. The summed E-state index contributed by atoms with van der Waals surface area (Å²) in [4.78, 5) is 31.2. The van der Waals surface area contributed by atoms with E-state index in [-0.39, 0.29) is 12.2 Å². The first kappa shape index (κ1) is 15.0. The van der Waals surface area contributed by atoms with Crippen LogP contribution in [0.1, 0.15) is 22.8 Å². The number of rotatable bonds is 5. The van der Waals surface area contributed by atoms with Gasteiger partial charge in [-0.05, 0) is 26.0 Å². The molecule has 0 amide bonds. The summed E-state index contributed by atoms with van der Waals surface area (Å²) < 4.78 is 10.0. The molecule has 112 valence electrons. The average Bonchev–Trinajstić information content (AvgIpc) is 2.48. The monoisotopic (exact) mass is 291 g/mol. The van der Waals surface area contributed by atoms with Crippen molar-refractivity contribution < 1.29 is 14.3 Å². The van der Waals surface area contributed by atoms with Crippen LogP contribution in [0.5, 0.6) is 5.88 Å². The molecule has 0 aromatic carbocycles. The number of hydrogen-bond acceptors (Lipinski definition) is 6. The summed E-state index contributed by atoms with van der Waals surface area (Å²) in [5, 5.41) is 0.310. The molecule has 0 aliphatic heterocycles. The van der Waals surface area contributed by atoms with Crippen molar-refractivity contribution in [1.82, 2.24) is 9.97 Å². The fourth-order valence-corrected chi connectivity index (χ4v) is 2.04. The molecule has 2 aromatic rings. The predicted molar refractivity (Wildman–Crippen MR) is 77.6 cm³/mol. The smallest absolute Gasteiger partial charge is 0.343 e. The Labute approximate surface area is 121 Å². The third-order valence-electron chi connectivity index (χ3n) is 3.01. The minimum absolute atomic E-state index is 0.0463. The first-order valence-electron chi connectivity index (χ1n) is 6.58. The molecular weight excluding hydrogens is 274 g/mol. The first-order valence-corrected chi connectivity index (χ1v) is 6.58. The van der Waals surface area contributed by atoms with E-state index in [1.54, 1.807) is 13.0 Å². The number of fused-ring (bicyclic) bond motifs is 1. The van der Waals surface area contributed by atoms with E-state index in [0.29, 0.717) is 29.9 Å². The van der Waals surface area contributed by atoms with Gasteiger partial charge in [0.25, 0.3) is 0 Å². The lowest BCUT2D eigenvalue weighted by Crippen LogP contribution is -2.19. The van der Waals surface area contributed by atoms with Crippen LogP contribution in [0.2, 0.25) is 0 Å². The summed E-state index contributed by atoms with van der Waals surface area (Å²) in [6.07, 6.45) is 1.83. The number of aromatic amines is 1. The standard InChI is InChI=1S/C14H17N3O4/c1-3-21-14(19)10-7-16-12-9(11(10)18)6-8(4-5-15)13(17-12)20-2/h6-7H,3-5,15H2,1-2H3,(H,16,17,18). The van der Waals surface area contributed by atoms with Crippen LogP contribution in [0.4, 0.5) is 0 Å². The van der Waals surface area contributed by atoms with Gasteiger partial charge in [0.15, 0.2) is 0 Å². The number of hydrogen-bond donors (Lipinski definition) is 2. The van der Waals surface area contributed by atoms with Crippen molar-refractivity contribution in [2.75, 3.05) is 20.3 Å². The fraction of sp³-hybridized carbons (Fsp3) is 0.357. The maximum Gasteiger partial charge on any atom is 0.343 e. The number of pyridine rings is 2. The minimum atomic E-state index is -0.656. The maximum absolute atomic E-state index is 12.4. The number of nitrogens with zero attached hydrogens (tertiary/aromatic N) is 1. The molecule has 7 nitrogen and oxygen atoms in total. The van der Waals surface area contributed by atoms with Crippen LogP contribution in [0, 0.1) is 0 Å². The number of esters is 1. The Morgan fingerprint density at radius 2 is 2.24 bits per heavy atom. The lowest BCUT2D eigenvalue weighted by molar-refractivity contribution is 0.0524. The SMILES string of the molecule is CCOC(=O)c1c[nH]c2nc(OC)c(CCN)cc2c1=O. The lowest BCUT2D eigenvalue weighted by atomic mass is 10.1. The Kier molecular flexibility index (Phi) is 4.54. The molecule has 2 rings (SSSR count). The highest BCUT2D eigenvalue weighted by atomic mass is 16.5. The second-order valence-electron chi connectivity index (χ2n) is 4.34. The highest BCUT2D eigenvalue weighted by Gasteiger charge is 2.16. The number of aromatic nitrogens is 2. The van der Waals surface area contributed by atoms with Gasteiger partial charge in [-0.15, -0.1) is 0 Å². The van der Waals surface area contributed by atoms with E-state index in [2.05, 4.69) is 9.97 Å². The topological polar surface area (TPSA) is 107 Å². The van der Waals surface area contributed by atoms with Crippen LogP contribution in [0.3, 0.4) is 0 Å². The highest BCUT2D eigenvalue weighted by molar-refractivity contribution is 5.93. The summed E-state index contributed by atoms with van der Waals surface area (Å²) in [6, 6.07) is 1.65. The van der Waals surface area contributed by atoms with E-state index in [0.717, 1.165) is 5.56 Å². The number of methoxy groups -OCH3 is 1. The van der Waals surface area contributed by atoms with Gasteiger partial charge in [-0.1, -0.05) is 0 Å². The van der Waals surface area contributed by atoms with Crippen molar-refractivity contribution in [2.45, 2.75) is 13.3 Å². The van der Waals surface area contributed by atoms with Gasteiger partial charge >= 0.3 is 5.97 Å². The van der Waals surface area contributed by atoms with E-state index >= 15 is 0 Å². The van der Waals surface area contributed by atoms with Gasteiger partial charge in [-0.3, -0.25) is 4.79 Å². The van der Waals surface area contributed by atoms with E-state index in [1.807, 2.05) is 0 Å². The number of carbonyl (C=O) groups is 1. The van der Waals surface area contributed by atoms with Crippen LogP contribution in [0.25, 0.3) is 11.0 Å². The quantitative estimate of drug-likeness (QED) is 0.781. The summed E-state index contributed by atoms with van der Waals surface area (Å²) in [5.41, 5.74) is 6.15. The third kappa shape index (κ3) is 2.87. The number of carbonyl (C=O) groups excluding carboxylic acids is 1. The summed E-state index contributed by atoms with van der Waals surface area (Å²) >= 11 is 0. The summed E-state index contributed by atoms with van der Waals surface area (Å²) in [5.74, 6) is -0.246. The molecule has 0 fully saturated rings. The van der Waals surface area contributed by atoms with Gasteiger partial charge in [0, 0.05) is 11.8 Å². The molecule has 0 unspecified atom stereocenters. The van der Waals surface area contributed by atoms with Crippen LogP contribution in [0.15, 0.2) is 17.1 Å². The first-order chi connectivity index (χ1) is 10.1. The second-order valence-corrected chi connectivity index (χ2v) is 4.34. The fourth-order valence-electron chi connectivity index (χ4n) is 2.04. The van der Waals surface area contributed by atoms with Crippen molar-refractivity contribution >= 4 is 17.0 Å². The van der Waals surface area contributed by atoms with Crippen LogP contribution < -0.4 is 15.9 Å². The van der Waals surface area contributed by atoms with Crippen molar-refractivity contribution in [3.63, 3.8) is 0 Å². The van der Waals surface area contributed by atoms with E-state index in [9.17, 15) is 9.59 Å². The molecule has 0 aliphatic rings.